The predicted molar refractivity (Wildman–Crippen MR) is 152 cm³/mol. The summed E-state index contributed by atoms with van der Waals surface area (Å²) in [6.07, 6.45) is -5.25. The minimum absolute atomic E-state index is 0.0499. The first-order valence-corrected chi connectivity index (χ1v) is 18.0. The summed E-state index contributed by atoms with van der Waals surface area (Å²) in [5.41, 5.74) is 12.6. The third-order valence-electron chi connectivity index (χ3n) is 7.14. The van der Waals surface area contributed by atoms with Crippen LogP contribution >= 0.6 is 25.8 Å². The quantitative estimate of drug-likeness (QED) is 0.122. The van der Waals surface area contributed by atoms with Crippen molar-refractivity contribution in [1.82, 2.24) is 39.0 Å². The minimum atomic E-state index is -4.38. The summed E-state index contributed by atoms with van der Waals surface area (Å²) < 4.78 is 50.3. The van der Waals surface area contributed by atoms with Gasteiger partial charge in [0.2, 0.25) is 11.9 Å². The molecule has 0 radical (unpaired) electrons. The van der Waals surface area contributed by atoms with Crippen molar-refractivity contribution in [2.45, 2.75) is 49.1 Å². The van der Waals surface area contributed by atoms with Crippen LogP contribution in [0.2, 0.25) is 0 Å². The lowest BCUT2D eigenvalue weighted by Gasteiger charge is -2.35. The highest BCUT2D eigenvalue weighted by Gasteiger charge is 2.52. The van der Waals surface area contributed by atoms with Gasteiger partial charge in [-0.3, -0.25) is 18.2 Å². The van der Waals surface area contributed by atoms with E-state index in [9.17, 15) is 19.7 Å². The lowest BCUT2D eigenvalue weighted by molar-refractivity contribution is -0.218. The molecule has 4 aromatic heterocycles. The number of nitrogens with zero attached hydrogens (tertiary/aromatic N) is 8. The molecule has 0 amide bonds. The maximum absolute atomic E-state index is 13.4. The van der Waals surface area contributed by atoms with Crippen molar-refractivity contribution < 1.29 is 47.2 Å². The van der Waals surface area contributed by atoms with Gasteiger partial charge in [0.05, 0.1) is 38.3 Å². The van der Waals surface area contributed by atoms with Gasteiger partial charge in [0.25, 0.3) is 0 Å². The van der Waals surface area contributed by atoms with Crippen molar-refractivity contribution in [3.63, 3.8) is 0 Å². The Labute approximate surface area is 256 Å². The van der Waals surface area contributed by atoms with Crippen LogP contribution in [-0.4, -0.2) is 99.1 Å². The molecule has 3 fully saturated rings. The first kappa shape index (κ1) is 30.2. The molecule has 236 valence electrons. The molecule has 10 atom stereocenters. The molecule has 0 aliphatic carbocycles. The summed E-state index contributed by atoms with van der Waals surface area (Å²) in [6.45, 7) is -9.75. The molecule has 2 unspecified atom stereocenters. The zero-order chi connectivity index (χ0) is 31.0. The number of hydrogen-bond donors (Lipinski definition) is 5. The van der Waals surface area contributed by atoms with Crippen LogP contribution in [0.25, 0.3) is 22.3 Å². The summed E-state index contributed by atoms with van der Waals surface area (Å²) in [7, 11) is 0. The summed E-state index contributed by atoms with van der Waals surface area (Å²) >= 11 is 9.20. The number of thiol groups is 1. The molecular formula is C20H23N10O10P2S2-. The number of aliphatic hydroxyl groups excluding tert-OH is 2. The van der Waals surface area contributed by atoms with Gasteiger partial charge < -0.3 is 45.1 Å². The number of anilines is 2. The predicted octanol–water partition coefficient (Wildman–Crippen LogP) is -1.21. The average Bonchev–Trinajstić information content (AvgIpc) is 3.71. The van der Waals surface area contributed by atoms with E-state index >= 15 is 0 Å². The molecule has 7 rings (SSSR count). The van der Waals surface area contributed by atoms with E-state index in [-0.39, 0.29) is 23.2 Å². The van der Waals surface area contributed by atoms with E-state index in [2.05, 4.69) is 42.2 Å². The molecule has 3 aliphatic rings. The van der Waals surface area contributed by atoms with Crippen molar-refractivity contribution in [3.8, 4) is 0 Å². The Kier molecular flexibility index (Phi) is 7.64. The van der Waals surface area contributed by atoms with Gasteiger partial charge in [0.15, 0.2) is 23.8 Å². The molecule has 24 heteroatoms. The Morgan fingerprint density at radius 1 is 0.864 bits per heavy atom. The third-order valence-corrected chi connectivity index (χ3v) is 10.3. The molecule has 0 bridgehead atoms. The molecule has 3 aliphatic heterocycles. The number of nitrogen functional groups attached to an aromatic ring is 2. The van der Waals surface area contributed by atoms with E-state index in [1.54, 1.807) is 0 Å². The Balaban J connectivity index is 1.16. The Morgan fingerprint density at radius 3 is 1.86 bits per heavy atom. The van der Waals surface area contributed by atoms with E-state index in [4.69, 9.17) is 50.8 Å². The summed E-state index contributed by atoms with van der Waals surface area (Å²) in [6, 6.07) is 0. The van der Waals surface area contributed by atoms with E-state index in [0.29, 0.717) is 11.0 Å². The van der Waals surface area contributed by atoms with Crippen LogP contribution in [0.1, 0.15) is 12.5 Å². The molecule has 20 nitrogen and oxygen atoms in total. The number of imidazole rings is 2. The summed E-state index contributed by atoms with van der Waals surface area (Å²) in [4.78, 5) is 37.7. The second-order valence-electron chi connectivity index (χ2n) is 9.94. The molecule has 7 heterocycles. The van der Waals surface area contributed by atoms with E-state index in [0.717, 1.165) is 0 Å². The van der Waals surface area contributed by atoms with Crippen LogP contribution in [-0.2, 0) is 43.9 Å². The van der Waals surface area contributed by atoms with Gasteiger partial charge in [-0.25, -0.2) is 24.5 Å². The Bertz CT molecular complexity index is 1700. The third kappa shape index (κ3) is 5.49. The monoisotopic (exact) mass is 689 g/mol. The first-order valence-electron chi connectivity index (χ1n) is 12.8. The smallest absolute Gasteiger partial charge is 0.386 e. The van der Waals surface area contributed by atoms with Crippen LogP contribution < -0.4 is 16.4 Å². The summed E-state index contributed by atoms with van der Waals surface area (Å²) in [5.74, 6) is -0.101. The van der Waals surface area contributed by atoms with Crippen molar-refractivity contribution in [2.75, 3.05) is 24.7 Å². The molecule has 3 saturated heterocycles. The Morgan fingerprint density at radius 2 is 1.34 bits per heavy atom. The number of aliphatic hydroxyl groups is 2. The standard InChI is InChI=1S/C20H24N10O10P2S2/c21-19-23-1-7-15(27-19)29(5-25-7)17-11(31)13-9(37-17)3-35-42(34,44)40-14-10(4-36-41(33,43)39-13)38-18(12(14)32)30-6-26-8-2-24-20(22)28-16(8)30/h1-2,5-6,9-14,17-18,31-32H,3-4H2,(H,33,43)(H,34,44)(H2,21,23,27)(H2,22,24,28)/p-1/t9-,10-,11-,12-,13-,14-,17-,18-,41?,42?/m1/s1. The number of ether oxygens (including phenoxy) is 2. The normalized spacial score (nSPS) is 38.3. The second-order valence-corrected chi connectivity index (χ2v) is 15.5. The van der Waals surface area contributed by atoms with E-state index in [1.807, 2.05) is 0 Å². The fourth-order valence-corrected chi connectivity index (χ4v) is 8.10. The molecule has 0 saturated carbocycles. The average molecular weight is 690 g/mol. The maximum Gasteiger partial charge on any atom is 0.386 e. The number of hydrogen-bond acceptors (Lipinski definition) is 19. The summed E-state index contributed by atoms with van der Waals surface area (Å²) in [5, 5.41) is 22.5. The Hall–Kier alpha value is -2.43. The van der Waals surface area contributed by atoms with Gasteiger partial charge in [-0.15, -0.1) is 0 Å². The maximum atomic E-state index is 13.4. The molecule has 0 aromatic carbocycles. The van der Waals surface area contributed by atoms with Crippen LogP contribution in [0.4, 0.5) is 11.9 Å². The van der Waals surface area contributed by atoms with Gasteiger partial charge in [0, 0.05) is 0 Å². The molecular weight excluding hydrogens is 666 g/mol. The topological polar surface area (TPSA) is 275 Å². The lowest BCUT2D eigenvalue weighted by atomic mass is 10.1. The SMILES string of the molecule is Nc1ncc2ncn([C@@H]3O[C@@H]4COP([O-])(=S)O[C@H]5[C@@H](O)[C@H](n6cnc7cnc(N)nc76)O[C@@H]5COP(=O)(S)O[C@H]4[C@H]3O)c2n1. The van der Waals surface area contributed by atoms with Gasteiger partial charge in [-0.1, -0.05) is 24.1 Å². The molecule has 4 aromatic rings. The lowest BCUT2D eigenvalue weighted by Crippen LogP contribution is -2.39. The number of nitrogens with two attached hydrogens (primary N) is 2. The van der Waals surface area contributed by atoms with Gasteiger partial charge in [-0.05, 0) is 0 Å². The molecule has 0 spiro atoms. The largest absolute Gasteiger partial charge is 0.780 e. The van der Waals surface area contributed by atoms with Crippen molar-refractivity contribution in [1.29, 1.82) is 0 Å². The molecule has 6 N–H and O–H groups in total. The highest BCUT2D eigenvalue weighted by Crippen LogP contribution is 2.57. The minimum Gasteiger partial charge on any atom is -0.780 e. The number of rotatable bonds is 2. The first-order chi connectivity index (χ1) is 20.9. The number of aromatic nitrogens is 8. The highest BCUT2D eigenvalue weighted by atomic mass is 32.7. The zero-order valence-corrected chi connectivity index (χ0v) is 25.5. The van der Waals surface area contributed by atoms with Gasteiger partial charge >= 0.3 is 6.80 Å². The van der Waals surface area contributed by atoms with Gasteiger partial charge in [0.1, 0.15) is 54.4 Å². The van der Waals surface area contributed by atoms with Crippen LogP contribution in [0.3, 0.4) is 0 Å². The zero-order valence-electron chi connectivity index (χ0n) is 22.0. The second kappa shape index (κ2) is 11.1. The number of fused-ring (bicyclic) bond motifs is 4. The van der Waals surface area contributed by atoms with Gasteiger partial charge in [-0.2, -0.15) is 9.97 Å². The van der Waals surface area contributed by atoms with Crippen LogP contribution in [0, 0.1) is 0 Å². The van der Waals surface area contributed by atoms with Crippen molar-refractivity contribution in [3.05, 3.63) is 25.0 Å². The fraction of sp³-hybridized carbons (Fsp3) is 0.500. The molecule has 44 heavy (non-hydrogen) atoms. The van der Waals surface area contributed by atoms with E-state index < -0.39 is 75.8 Å². The van der Waals surface area contributed by atoms with E-state index in [1.165, 1.54) is 34.2 Å². The van der Waals surface area contributed by atoms with Crippen LogP contribution in [0.5, 0.6) is 0 Å². The fourth-order valence-electron chi connectivity index (χ4n) is 5.18. The van der Waals surface area contributed by atoms with Crippen LogP contribution in [0.15, 0.2) is 25.0 Å². The van der Waals surface area contributed by atoms with Crippen molar-refractivity contribution >= 4 is 71.8 Å². The van der Waals surface area contributed by atoms with Crippen molar-refractivity contribution in [2.24, 2.45) is 0 Å². The highest BCUT2D eigenvalue weighted by molar-refractivity contribution is 8.44.